The average molecular weight is 299 g/mol. The maximum atomic E-state index is 12.4. The van der Waals surface area contributed by atoms with Crippen molar-refractivity contribution in [3.05, 3.63) is 48.0 Å². The van der Waals surface area contributed by atoms with Crippen LogP contribution in [-0.4, -0.2) is 23.0 Å². The Morgan fingerprint density at radius 2 is 1.59 bits per heavy atom. The third-order valence-corrected chi connectivity index (χ3v) is 4.58. The molecule has 0 N–H and O–H groups in total. The minimum absolute atomic E-state index is 0.291. The van der Waals surface area contributed by atoms with Gasteiger partial charge in [0.05, 0.1) is 11.1 Å². The zero-order valence-electron chi connectivity index (χ0n) is 12.7. The highest BCUT2D eigenvalue weighted by Gasteiger charge is 2.38. The molecule has 0 aromatic heterocycles. The number of imide groups is 1. The Kier molecular flexibility index (Phi) is 4.39. The summed E-state index contributed by atoms with van der Waals surface area (Å²) < 4.78 is 0. The van der Waals surface area contributed by atoms with Gasteiger partial charge in [-0.2, -0.15) is 0 Å². The first-order chi connectivity index (χ1) is 10.7. The molecule has 0 unspecified atom stereocenters. The van der Waals surface area contributed by atoms with Crippen molar-refractivity contribution in [3.63, 3.8) is 0 Å². The zero-order valence-corrected chi connectivity index (χ0v) is 12.7. The third kappa shape index (κ3) is 2.71. The molecule has 1 aliphatic heterocycles. The monoisotopic (exact) mass is 299 g/mol. The molecule has 22 heavy (non-hydrogen) atoms. The van der Waals surface area contributed by atoms with Gasteiger partial charge in [0, 0.05) is 0 Å². The van der Waals surface area contributed by atoms with E-state index in [1.807, 2.05) is 0 Å². The minimum Gasteiger partial charge on any atom is -0.266 e. The predicted octanol–water partition coefficient (Wildman–Crippen LogP) is 3.74. The summed E-state index contributed by atoms with van der Waals surface area (Å²) in [5, 5.41) is 0.919. The molecule has 0 bridgehead atoms. The quantitative estimate of drug-likeness (QED) is 0.483. The molecule has 0 radical (unpaired) electrons. The molecule has 0 saturated heterocycles. The molecule has 1 aliphatic carbocycles. The second kappa shape index (κ2) is 6.44. The van der Waals surface area contributed by atoms with Gasteiger partial charge in [0.15, 0.2) is 0 Å². The average Bonchev–Trinajstić information content (AvgIpc) is 2.75. The van der Waals surface area contributed by atoms with Gasteiger partial charge in [-0.25, -0.2) is 0 Å². The molecular formula is C18H21NO3. The van der Waals surface area contributed by atoms with Crippen molar-refractivity contribution >= 4 is 11.8 Å². The molecule has 1 saturated carbocycles. The number of amides is 2. The van der Waals surface area contributed by atoms with Crippen LogP contribution in [0.25, 0.3) is 0 Å². The molecule has 1 heterocycles. The molecule has 1 aromatic rings. The lowest BCUT2D eigenvalue weighted by molar-refractivity contribution is -0.133. The summed E-state index contributed by atoms with van der Waals surface area (Å²) in [4.78, 5) is 30.5. The smallest absolute Gasteiger partial charge is 0.266 e. The fraction of sp³-hybridized carbons (Fsp3) is 0.444. The van der Waals surface area contributed by atoms with E-state index in [2.05, 4.69) is 6.58 Å². The van der Waals surface area contributed by atoms with E-state index in [0.717, 1.165) is 17.9 Å². The van der Waals surface area contributed by atoms with Crippen molar-refractivity contribution in [1.29, 1.82) is 0 Å². The molecule has 0 spiro atoms. The van der Waals surface area contributed by atoms with E-state index in [0.29, 0.717) is 17.0 Å². The van der Waals surface area contributed by atoms with Crippen LogP contribution in [0.2, 0.25) is 0 Å². The SMILES string of the molecule is C=C[C@@H](ON1C(=O)c2ccccc2C1=O)C1CCCCCC1. The first kappa shape index (κ1) is 15.0. The lowest BCUT2D eigenvalue weighted by atomic mass is 9.94. The summed E-state index contributed by atoms with van der Waals surface area (Å²) >= 11 is 0. The summed E-state index contributed by atoms with van der Waals surface area (Å²) in [5.74, 6) is -0.425. The fourth-order valence-electron chi connectivity index (χ4n) is 3.35. The lowest BCUT2D eigenvalue weighted by Crippen LogP contribution is -2.36. The van der Waals surface area contributed by atoms with Gasteiger partial charge in [-0.1, -0.05) is 43.9 Å². The normalized spacial score (nSPS) is 20.6. The van der Waals surface area contributed by atoms with Crippen LogP contribution in [0.15, 0.2) is 36.9 Å². The fourth-order valence-corrected chi connectivity index (χ4v) is 3.35. The lowest BCUT2D eigenvalue weighted by Gasteiger charge is -2.26. The Hall–Kier alpha value is -1.94. The van der Waals surface area contributed by atoms with Gasteiger partial charge in [-0.3, -0.25) is 14.4 Å². The standard InChI is InChI=1S/C18H21NO3/c1-2-16(13-9-5-3-4-6-10-13)22-19-17(20)14-11-7-8-12-15(14)18(19)21/h2,7-8,11-13,16H,1,3-6,9-10H2/t16-/m1/s1. The number of hydroxylamine groups is 2. The molecule has 4 heteroatoms. The van der Waals surface area contributed by atoms with Gasteiger partial charge < -0.3 is 0 Å². The predicted molar refractivity (Wildman–Crippen MR) is 83.2 cm³/mol. The highest BCUT2D eigenvalue weighted by atomic mass is 16.7. The Balaban J connectivity index is 1.76. The highest BCUT2D eigenvalue weighted by Crippen LogP contribution is 2.30. The third-order valence-electron chi connectivity index (χ3n) is 4.58. The zero-order chi connectivity index (χ0) is 15.5. The maximum absolute atomic E-state index is 12.4. The Labute approximate surface area is 130 Å². The van der Waals surface area contributed by atoms with E-state index < -0.39 is 0 Å². The molecule has 2 amide bonds. The van der Waals surface area contributed by atoms with Crippen LogP contribution < -0.4 is 0 Å². The first-order valence-electron chi connectivity index (χ1n) is 7.99. The van der Waals surface area contributed by atoms with Crippen molar-refractivity contribution in [3.8, 4) is 0 Å². The summed E-state index contributed by atoms with van der Waals surface area (Å²) in [7, 11) is 0. The van der Waals surface area contributed by atoms with E-state index >= 15 is 0 Å². The number of hydrogen-bond donors (Lipinski definition) is 0. The van der Waals surface area contributed by atoms with E-state index in [1.165, 1.54) is 25.7 Å². The van der Waals surface area contributed by atoms with Crippen LogP contribution in [0, 0.1) is 5.92 Å². The molecule has 1 aromatic carbocycles. The number of carbonyl (C=O) groups excluding carboxylic acids is 2. The van der Waals surface area contributed by atoms with Gasteiger partial charge in [-0.05, 0) is 30.9 Å². The number of benzene rings is 1. The van der Waals surface area contributed by atoms with Crippen molar-refractivity contribution < 1.29 is 14.4 Å². The van der Waals surface area contributed by atoms with Gasteiger partial charge in [0.1, 0.15) is 6.10 Å². The van der Waals surface area contributed by atoms with Crippen LogP contribution in [0.1, 0.15) is 59.2 Å². The van der Waals surface area contributed by atoms with Crippen molar-refractivity contribution in [2.75, 3.05) is 0 Å². The van der Waals surface area contributed by atoms with Crippen molar-refractivity contribution in [2.24, 2.45) is 5.92 Å². The van der Waals surface area contributed by atoms with Crippen LogP contribution in [0.3, 0.4) is 0 Å². The summed E-state index contributed by atoms with van der Waals surface area (Å²) in [6.07, 6.45) is 8.36. The molecule has 1 atom stereocenters. The number of hydrogen-bond acceptors (Lipinski definition) is 3. The Morgan fingerprint density at radius 1 is 1.05 bits per heavy atom. The molecule has 116 valence electrons. The topological polar surface area (TPSA) is 46.6 Å². The van der Waals surface area contributed by atoms with Gasteiger partial charge in [-0.15, -0.1) is 11.6 Å². The largest absolute Gasteiger partial charge is 0.285 e. The van der Waals surface area contributed by atoms with Gasteiger partial charge in [0.2, 0.25) is 0 Å². The van der Waals surface area contributed by atoms with E-state index in [4.69, 9.17) is 4.84 Å². The molecule has 3 rings (SSSR count). The molecular weight excluding hydrogens is 278 g/mol. The van der Waals surface area contributed by atoms with Crippen LogP contribution in [-0.2, 0) is 4.84 Å². The first-order valence-corrected chi connectivity index (χ1v) is 7.99. The number of fused-ring (bicyclic) bond motifs is 1. The van der Waals surface area contributed by atoms with E-state index in [1.54, 1.807) is 30.3 Å². The van der Waals surface area contributed by atoms with Crippen LogP contribution in [0.4, 0.5) is 0 Å². The van der Waals surface area contributed by atoms with Crippen LogP contribution >= 0.6 is 0 Å². The summed E-state index contributed by atoms with van der Waals surface area (Å²) in [6, 6.07) is 6.83. The van der Waals surface area contributed by atoms with E-state index in [9.17, 15) is 9.59 Å². The second-order valence-corrected chi connectivity index (χ2v) is 6.01. The maximum Gasteiger partial charge on any atom is 0.285 e. The second-order valence-electron chi connectivity index (χ2n) is 6.01. The molecule has 2 aliphatic rings. The number of rotatable bonds is 4. The molecule has 4 nitrogen and oxygen atoms in total. The van der Waals surface area contributed by atoms with E-state index in [-0.39, 0.29) is 17.9 Å². The molecule has 1 fully saturated rings. The minimum atomic E-state index is -0.374. The summed E-state index contributed by atoms with van der Waals surface area (Å²) in [5.41, 5.74) is 0.826. The highest BCUT2D eigenvalue weighted by molar-refractivity contribution is 6.20. The van der Waals surface area contributed by atoms with Gasteiger partial charge >= 0.3 is 0 Å². The number of carbonyl (C=O) groups is 2. The van der Waals surface area contributed by atoms with Crippen LogP contribution in [0.5, 0.6) is 0 Å². The number of nitrogens with zero attached hydrogens (tertiary/aromatic N) is 1. The van der Waals surface area contributed by atoms with Gasteiger partial charge in [0.25, 0.3) is 11.8 Å². The van der Waals surface area contributed by atoms with Crippen molar-refractivity contribution in [1.82, 2.24) is 5.06 Å². The summed E-state index contributed by atoms with van der Waals surface area (Å²) in [6.45, 7) is 3.83. The Bertz CT molecular complexity index is 553. The Morgan fingerprint density at radius 3 is 2.09 bits per heavy atom. The van der Waals surface area contributed by atoms with Crippen molar-refractivity contribution in [2.45, 2.75) is 44.6 Å².